The normalized spacial score (nSPS) is 10.6. The van der Waals surface area contributed by atoms with Crippen LogP contribution in [-0.2, 0) is 17.8 Å². The highest BCUT2D eigenvalue weighted by molar-refractivity contribution is 7.13. The van der Waals surface area contributed by atoms with E-state index < -0.39 is 0 Å². The van der Waals surface area contributed by atoms with Crippen LogP contribution in [0.3, 0.4) is 0 Å². The van der Waals surface area contributed by atoms with Crippen LogP contribution in [-0.4, -0.2) is 34.8 Å². The first kappa shape index (κ1) is 20.1. The second-order valence-corrected chi connectivity index (χ2v) is 7.29. The summed E-state index contributed by atoms with van der Waals surface area (Å²) in [4.78, 5) is 31.7. The van der Waals surface area contributed by atoms with Crippen molar-refractivity contribution in [3.05, 3.63) is 51.5 Å². The molecule has 0 atom stereocenters. The number of carbonyl (C=O) groups excluding carboxylic acids is 2. The second-order valence-electron chi connectivity index (χ2n) is 6.20. The molecule has 1 N–H and O–H groups in total. The van der Waals surface area contributed by atoms with E-state index in [0.717, 1.165) is 35.5 Å². The number of thiazole rings is 1. The van der Waals surface area contributed by atoms with Gasteiger partial charge in [-0.2, -0.15) is 0 Å². The standard InChI is InChI=1S/C20H27N3O2S/c1-4-6-12-17-22-15(3)19(26-17)20(25)21-13-18(24)23(5-2)14-16-10-8-7-9-11-16/h7-11H,4-6,12-14H2,1-3H3,(H,21,25). The molecular formula is C20H27N3O2S. The molecule has 0 radical (unpaired) electrons. The highest BCUT2D eigenvalue weighted by Crippen LogP contribution is 2.19. The number of hydrogen-bond acceptors (Lipinski definition) is 4. The van der Waals surface area contributed by atoms with E-state index in [0.29, 0.717) is 18.0 Å². The number of carbonyl (C=O) groups is 2. The van der Waals surface area contributed by atoms with E-state index >= 15 is 0 Å². The van der Waals surface area contributed by atoms with Gasteiger partial charge in [0.15, 0.2) is 0 Å². The highest BCUT2D eigenvalue weighted by Gasteiger charge is 2.18. The number of rotatable bonds is 9. The van der Waals surface area contributed by atoms with Crippen molar-refractivity contribution in [1.82, 2.24) is 15.2 Å². The van der Waals surface area contributed by atoms with Crippen molar-refractivity contribution >= 4 is 23.2 Å². The Bertz CT molecular complexity index is 728. The number of unbranched alkanes of at least 4 members (excludes halogenated alkanes) is 1. The second kappa shape index (κ2) is 10.1. The van der Waals surface area contributed by atoms with Crippen LogP contribution in [0, 0.1) is 6.92 Å². The van der Waals surface area contributed by atoms with E-state index in [4.69, 9.17) is 0 Å². The van der Waals surface area contributed by atoms with Gasteiger partial charge in [0.1, 0.15) is 4.88 Å². The lowest BCUT2D eigenvalue weighted by atomic mass is 10.2. The van der Waals surface area contributed by atoms with E-state index in [1.54, 1.807) is 4.90 Å². The third kappa shape index (κ3) is 5.66. The molecule has 5 nitrogen and oxygen atoms in total. The third-order valence-corrected chi connectivity index (χ3v) is 5.36. The molecule has 0 aliphatic carbocycles. The zero-order valence-electron chi connectivity index (χ0n) is 15.7. The van der Waals surface area contributed by atoms with E-state index in [1.165, 1.54) is 11.3 Å². The largest absolute Gasteiger partial charge is 0.342 e. The summed E-state index contributed by atoms with van der Waals surface area (Å²) in [7, 11) is 0. The number of amides is 2. The molecule has 0 aliphatic rings. The predicted octanol–water partition coefficient (Wildman–Crippen LogP) is 3.57. The minimum Gasteiger partial charge on any atom is -0.342 e. The number of nitrogens with zero attached hydrogens (tertiary/aromatic N) is 2. The maximum absolute atomic E-state index is 12.4. The van der Waals surface area contributed by atoms with E-state index in [1.807, 2.05) is 44.2 Å². The Morgan fingerprint density at radius 2 is 1.92 bits per heavy atom. The van der Waals surface area contributed by atoms with Crippen LogP contribution in [0.15, 0.2) is 30.3 Å². The minimum absolute atomic E-state index is 0.00113. The molecule has 0 fully saturated rings. The fourth-order valence-corrected chi connectivity index (χ4v) is 3.65. The molecular weight excluding hydrogens is 346 g/mol. The summed E-state index contributed by atoms with van der Waals surface area (Å²) in [6.07, 6.45) is 3.06. The fourth-order valence-electron chi connectivity index (χ4n) is 2.63. The van der Waals surface area contributed by atoms with Crippen molar-refractivity contribution in [1.29, 1.82) is 0 Å². The molecule has 0 saturated heterocycles. The molecule has 140 valence electrons. The Kier molecular flexibility index (Phi) is 7.78. The van der Waals surface area contributed by atoms with E-state index in [-0.39, 0.29) is 18.4 Å². The van der Waals surface area contributed by atoms with Crippen LogP contribution in [0.4, 0.5) is 0 Å². The Labute approximate surface area is 159 Å². The molecule has 0 saturated carbocycles. The summed E-state index contributed by atoms with van der Waals surface area (Å²) in [6.45, 7) is 7.07. The Morgan fingerprint density at radius 3 is 2.58 bits per heavy atom. The molecule has 1 heterocycles. The Morgan fingerprint density at radius 1 is 1.19 bits per heavy atom. The first-order valence-corrected chi connectivity index (χ1v) is 9.93. The first-order chi connectivity index (χ1) is 12.5. The van der Waals surface area contributed by atoms with Crippen LogP contribution >= 0.6 is 11.3 Å². The van der Waals surface area contributed by atoms with Gasteiger partial charge in [0.25, 0.3) is 5.91 Å². The number of hydrogen-bond donors (Lipinski definition) is 1. The summed E-state index contributed by atoms with van der Waals surface area (Å²) >= 11 is 1.43. The molecule has 2 rings (SSSR count). The maximum Gasteiger partial charge on any atom is 0.263 e. The van der Waals surface area contributed by atoms with Crippen molar-refractivity contribution in [2.45, 2.75) is 46.6 Å². The molecule has 1 aromatic carbocycles. The molecule has 2 aromatic rings. The van der Waals surface area contributed by atoms with E-state index in [2.05, 4.69) is 17.2 Å². The molecule has 0 spiro atoms. The van der Waals surface area contributed by atoms with Crippen LogP contribution in [0.1, 0.15) is 52.6 Å². The SMILES string of the molecule is CCCCc1nc(C)c(C(=O)NCC(=O)N(CC)Cc2ccccc2)s1. The summed E-state index contributed by atoms with van der Waals surface area (Å²) in [5.74, 6) is -0.301. The van der Waals surface area contributed by atoms with Gasteiger partial charge >= 0.3 is 0 Å². The smallest absolute Gasteiger partial charge is 0.263 e. The molecule has 1 aromatic heterocycles. The van der Waals surface area contributed by atoms with Gasteiger partial charge in [-0.15, -0.1) is 11.3 Å². The topological polar surface area (TPSA) is 62.3 Å². The van der Waals surface area contributed by atoms with Gasteiger partial charge in [-0.25, -0.2) is 4.98 Å². The zero-order valence-corrected chi connectivity index (χ0v) is 16.6. The lowest BCUT2D eigenvalue weighted by Crippen LogP contribution is -2.39. The third-order valence-electron chi connectivity index (χ3n) is 4.14. The quantitative estimate of drug-likeness (QED) is 0.731. The molecule has 0 bridgehead atoms. The first-order valence-electron chi connectivity index (χ1n) is 9.11. The van der Waals surface area contributed by atoms with Crippen molar-refractivity contribution in [3.8, 4) is 0 Å². The summed E-state index contributed by atoms with van der Waals surface area (Å²) in [5.41, 5.74) is 1.82. The van der Waals surface area contributed by atoms with Crippen molar-refractivity contribution in [3.63, 3.8) is 0 Å². The number of benzene rings is 1. The van der Waals surface area contributed by atoms with Gasteiger partial charge in [-0.3, -0.25) is 9.59 Å². The van der Waals surface area contributed by atoms with Crippen molar-refractivity contribution in [2.24, 2.45) is 0 Å². The molecule has 2 amide bonds. The number of likely N-dealkylation sites (N-methyl/N-ethyl adjacent to an activating group) is 1. The van der Waals surface area contributed by atoms with Crippen LogP contribution in [0.5, 0.6) is 0 Å². The lowest BCUT2D eigenvalue weighted by Gasteiger charge is -2.21. The van der Waals surface area contributed by atoms with Gasteiger partial charge in [0, 0.05) is 13.1 Å². The average molecular weight is 374 g/mol. The molecule has 6 heteroatoms. The van der Waals surface area contributed by atoms with Gasteiger partial charge in [0.2, 0.25) is 5.91 Å². The number of aryl methyl sites for hydroxylation is 2. The number of nitrogens with one attached hydrogen (secondary N) is 1. The summed E-state index contributed by atoms with van der Waals surface area (Å²) in [6, 6.07) is 9.85. The fraction of sp³-hybridized carbons (Fsp3) is 0.450. The van der Waals surface area contributed by atoms with Crippen LogP contribution in [0.25, 0.3) is 0 Å². The average Bonchev–Trinajstić information content (AvgIpc) is 3.03. The summed E-state index contributed by atoms with van der Waals surface area (Å²) in [5, 5.41) is 3.74. The molecule has 0 unspecified atom stereocenters. The predicted molar refractivity (Wildman–Crippen MR) is 105 cm³/mol. The van der Waals surface area contributed by atoms with Gasteiger partial charge in [-0.1, -0.05) is 43.7 Å². The molecule has 26 heavy (non-hydrogen) atoms. The molecule has 0 aliphatic heterocycles. The maximum atomic E-state index is 12.4. The van der Waals surface area contributed by atoms with Crippen LogP contribution in [0.2, 0.25) is 0 Å². The Hall–Kier alpha value is -2.21. The van der Waals surface area contributed by atoms with Crippen LogP contribution < -0.4 is 5.32 Å². The monoisotopic (exact) mass is 373 g/mol. The zero-order chi connectivity index (χ0) is 18.9. The minimum atomic E-state index is -0.216. The van der Waals surface area contributed by atoms with Gasteiger partial charge < -0.3 is 10.2 Å². The number of aromatic nitrogens is 1. The Balaban J connectivity index is 1.91. The van der Waals surface area contributed by atoms with Gasteiger partial charge in [-0.05, 0) is 32.3 Å². The van der Waals surface area contributed by atoms with Crippen molar-refractivity contribution in [2.75, 3.05) is 13.1 Å². The highest BCUT2D eigenvalue weighted by atomic mass is 32.1. The lowest BCUT2D eigenvalue weighted by molar-refractivity contribution is -0.130. The van der Waals surface area contributed by atoms with Gasteiger partial charge in [0.05, 0.1) is 17.2 Å². The van der Waals surface area contributed by atoms with Crippen molar-refractivity contribution < 1.29 is 9.59 Å². The van der Waals surface area contributed by atoms with E-state index in [9.17, 15) is 9.59 Å². The summed E-state index contributed by atoms with van der Waals surface area (Å²) < 4.78 is 0.